The van der Waals surface area contributed by atoms with Gasteiger partial charge in [0.15, 0.2) is 27.3 Å². The maximum Gasteiger partial charge on any atom is 0.490 e. The summed E-state index contributed by atoms with van der Waals surface area (Å²) in [7, 11) is 0. The van der Waals surface area contributed by atoms with Crippen LogP contribution < -0.4 is 21.8 Å². The van der Waals surface area contributed by atoms with E-state index in [1.54, 1.807) is 26.2 Å². The quantitative estimate of drug-likeness (QED) is 0.0912. The summed E-state index contributed by atoms with van der Waals surface area (Å²) >= 11 is 3.69. The number of hydrogen-bond acceptors (Lipinski definition) is 15. The number of aromatic nitrogens is 1. The standard InChI is InChI=1S/C24H25N7O7S3.C2HF3O2/c1-9(2)38-30-16(13-8-40-23(25)26-13)19(34)27-17-20(35)31-18(22(36)37)10(6-39-21(17)31)7-41-24(3)28-11-4-14(32)15(33)5-12(11)29-24;3-2(4,5)1(6)7/h4-5,8-9,17,21,32-33H,6-7H2,1-3H3,(H2,25,26)(H,27,34)(H,36,37);(H,6,7)/b30-16+;/t17-,21-;/m1./s1. The van der Waals surface area contributed by atoms with Crippen LogP contribution in [0.4, 0.5) is 18.3 Å². The summed E-state index contributed by atoms with van der Waals surface area (Å²) < 4.78 is 31.7. The van der Waals surface area contributed by atoms with Crippen molar-refractivity contribution in [3.63, 3.8) is 0 Å². The number of thioether (sulfide) groups is 2. The summed E-state index contributed by atoms with van der Waals surface area (Å²) in [5, 5.41) is 45.2. The van der Waals surface area contributed by atoms with Gasteiger partial charge < -0.3 is 36.3 Å². The maximum absolute atomic E-state index is 13.2. The molecule has 2 atom stereocenters. The number of rotatable bonds is 9. The van der Waals surface area contributed by atoms with Gasteiger partial charge in [0, 0.05) is 29.0 Å². The van der Waals surface area contributed by atoms with Gasteiger partial charge in [-0.1, -0.05) is 5.16 Å². The third-order valence-electron chi connectivity index (χ3n) is 6.36. The predicted molar refractivity (Wildman–Crippen MR) is 166 cm³/mol. The van der Waals surface area contributed by atoms with Crippen molar-refractivity contribution in [2.24, 2.45) is 15.1 Å². The Labute approximate surface area is 280 Å². The van der Waals surface area contributed by atoms with Crippen molar-refractivity contribution in [3.05, 3.63) is 45.2 Å². The minimum Gasteiger partial charge on any atom is -0.504 e. The first-order valence-corrected chi connectivity index (χ1v) is 16.3. The number of aliphatic carboxylic acids is 2. The van der Waals surface area contributed by atoms with Gasteiger partial charge in [0.2, 0.25) is 0 Å². The topological polar surface area (TPSA) is 250 Å². The Kier molecular flexibility index (Phi) is 10.5. The number of hydrogen-bond donors (Lipinski definition) is 6. The van der Waals surface area contributed by atoms with E-state index in [2.05, 4.69) is 25.4 Å². The molecule has 1 fully saturated rings. The number of oxime groups is 1. The number of phenols is 2. The van der Waals surface area contributed by atoms with Gasteiger partial charge in [-0.05, 0) is 26.3 Å². The molecule has 0 spiro atoms. The Morgan fingerprint density at radius 1 is 1.21 bits per heavy atom. The van der Waals surface area contributed by atoms with Crippen LogP contribution >= 0.6 is 34.9 Å². The van der Waals surface area contributed by atoms with Crippen LogP contribution in [0.15, 0.2) is 43.9 Å². The van der Waals surface area contributed by atoms with E-state index < -0.39 is 46.3 Å². The van der Waals surface area contributed by atoms with Crippen molar-refractivity contribution in [1.82, 2.24) is 15.2 Å². The second kappa shape index (κ2) is 13.9. The number of carboxylic acid groups (broad SMARTS) is 2. The highest BCUT2D eigenvalue weighted by Crippen LogP contribution is 2.42. The molecular formula is C26H26F3N7O9S3. The lowest BCUT2D eigenvalue weighted by Crippen LogP contribution is -2.71. The molecule has 22 heteroatoms. The van der Waals surface area contributed by atoms with Gasteiger partial charge in [-0.2, -0.15) is 13.2 Å². The maximum atomic E-state index is 13.2. The lowest BCUT2D eigenvalue weighted by molar-refractivity contribution is -0.192. The van der Waals surface area contributed by atoms with E-state index in [0.717, 1.165) is 11.3 Å². The fourth-order valence-corrected chi connectivity index (χ4v) is 7.29. The predicted octanol–water partition coefficient (Wildman–Crippen LogP) is 0.997. The SMILES string of the molecule is CC(C)O/N=C(/C(=O)N[C@@H]1C(=O)N2C(C(=O)O)=C(CSC3(C)N=c4cc(O)c(O)cc4=N3)CS[C@H]12)c1csc(N)n1.O=C(O)C(F)(F)F. The van der Waals surface area contributed by atoms with Crippen molar-refractivity contribution >= 4 is 69.5 Å². The number of thiazole rings is 1. The molecule has 3 aliphatic rings. The molecular weight excluding hydrogens is 708 g/mol. The molecule has 0 radical (unpaired) electrons. The van der Waals surface area contributed by atoms with E-state index in [9.17, 15) is 42.9 Å². The number of nitrogen functional groups attached to an aromatic ring is 1. The van der Waals surface area contributed by atoms with Crippen molar-refractivity contribution in [2.45, 2.75) is 49.5 Å². The second-order valence-electron chi connectivity index (χ2n) is 10.4. The van der Waals surface area contributed by atoms with Crippen LogP contribution in [0.3, 0.4) is 0 Å². The first kappa shape index (κ1) is 36.3. The van der Waals surface area contributed by atoms with Gasteiger partial charge in [0.25, 0.3) is 11.8 Å². The van der Waals surface area contributed by atoms with Crippen molar-refractivity contribution < 1.29 is 57.6 Å². The highest BCUT2D eigenvalue weighted by molar-refractivity contribution is 8.01. The van der Waals surface area contributed by atoms with Crippen LogP contribution in [-0.2, 0) is 24.0 Å². The number of β-lactam (4-membered cyclic amide) rings is 1. The lowest BCUT2D eigenvalue weighted by atomic mass is 10.0. The largest absolute Gasteiger partial charge is 0.504 e. The summed E-state index contributed by atoms with van der Waals surface area (Å²) in [6.07, 6.45) is -5.40. The molecule has 48 heavy (non-hydrogen) atoms. The Bertz CT molecular complexity index is 1810. The molecule has 0 aliphatic carbocycles. The summed E-state index contributed by atoms with van der Waals surface area (Å²) in [5.41, 5.74) is 6.11. The highest BCUT2D eigenvalue weighted by atomic mass is 32.2. The second-order valence-corrected chi connectivity index (χ2v) is 13.7. The number of alkyl halides is 3. The first-order chi connectivity index (χ1) is 22.3. The molecule has 1 aromatic carbocycles. The summed E-state index contributed by atoms with van der Waals surface area (Å²) in [6, 6.07) is 1.64. The summed E-state index contributed by atoms with van der Waals surface area (Å²) in [5.74, 6) is -5.44. The highest BCUT2D eigenvalue weighted by Gasteiger charge is 2.54. The van der Waals surface area contributed by atoms with E-state index in [4.69, 9.17) is 20.5 Å². The van der Waals surface area contributed by atoms with E-state index in [1.165, 1.54) is 40.6 Å². The van der Waals surface area contributed by atoms with Gasteiger partial charge in [-0.25, -0.2) is 24.6 Å². The molecule has 0 unspecified atom stereocenters. The molecule has 0 saturated carbocycles. The van der Waals surface area contributed by atoms with Crippen LogP contribution in [0.5, 0.6) is 11.5 Å². The number of benzene rings is 1. The summed E-state index contributed by atoms with van der Waals surface area (Å²) in [4.78, 5) is 66.0. The lowest BCUT2D eigenvalue weighted by Gasteiger charge is -2.49. The molecule has 258 valence electrons. The van der Waals surface area contributed by atoms with Gasteiger partial charge in [0.1, 0.15) is 28.9 Å². The number of phenolic OH excluding ortho intramolecular Hbond substituents is 2. The van der Waals surface area contributed by atoms with Crippen molar-refractivity contribution in [2.75, 3.05) is 17.2 Å². The molecule has 2 amide bonds. The monoisotopic (exact) mass is 733 g/mol. The van der Waals surface area contributed by atoms with Crippen LogP contribution in [-0.4, -0.2) is 100.0 Å². The van der Waals surface area contributed by atoms with Crippen molar-refractivity contribution in [1.29, 1.82) is 0 Å². The number of halogens is 3. The van der Waals surface area contributed by atoms with Gasteiger partial charge in [-0.15, -0.1) is 34.9 Å². The molecule has 4 heterocycles. The fraction of sp³-hybridized carbons (Fsp3) is 0.385. The number of fused-ring (bicyclic) bond motifs is 2. The fourth-order valence-electron chi connectivity index (χ4n) is 4.26. The molecule has 5 rings (SSSR count). The first-order valence-electron chi connectivity index (χ1n) is 13.4. The zero-order chi connectivity index (χ0) is 35.7. The summed E-state index contributed by atoms with van der Waals surface area (Å²) in [6.45, 7) is 5.20. The Morgan fingerprint density at radius 3 is 2.27 bits per heavy atom. The average Bonchev–Trinajstić information content (AvgIpc) is 3.56. The molecule has 16 nitrogen and oxygen atoms in total. The van der Waals surface area contributed by atoms with Crippen LogP contribution in [0.2, 0.25) is 0 Å². The number of aromatic hydroxyl groups is 2. The Morgan fingerprint density at radius 2 is 1.79 bits per heavy atom. The van der Waals surface area contributed by atoms with E-state index in [-0.39, 0.29) is 45.6 Å². The molecule has 1 saturated heterocycles. The smallest absolute Gasteiger partial charge is 0.490 e. The Balaban J connectivity index is 0.000000671. The number of nitrogens with zero attached hydrogens (tertiary/aromatic N) is 5. The minimum absolute atomic E-state index is 0.143. The van der Waals surface area contributed by atoms with Crippen LogP contribution in [0.1, 0.15) is 26.5 Å². The normalized spacial score (nSPS) is 19.6. The third-order valence-corrected chi connectivity index (χ3v) is 9.60. The zero-order valence-corrected chi connectivity index (χ0v) is 27.3. The zero-order valence-electron chi connectivity index (χ0n) is 24.9. The van der Waals surface area contributed by atoms with Crippen LogP contribution in [0, 0.1) is 0 Å². The average molecular weight is 734 g/mol. The van der Waals surface area contributed by atoms with Crippen LogP contribution in [0.25, 0.3) is 0 Å². The van der Waals surface area contributed by atoms with Crippen molar-refractivity contribution in [3.8, 4) is 11.5 Å². The third kappa shape index (κ3) is 7.93. The molecule has 3 aliphatic heterocycles. The van der Waals surface area contributed by atoms with E-state index in [1.807, 2.05) is 0 Å². The van der Waals surface area contributed by atoms with E-state index in [0.29, 0.717) is 22.0 Å². The number of anilines is 1. The number of amides is 2. The molecule has 7 N–H and O–H groups in total. The number of carbonyl (C=O) groups excluding carboxylic acids is 2. The van der Waals surface area contributed by atoms with E-state index >= 15 is 0 Å². The number of nitrogens with two attached hydrogens (primary N) is 1. The minimum atomic E-state index is -5.08. The molecule has 1 aromatic heterocycles. The molecule has 0 bridgehead atoms. The van der Waals surface area contributed by atoms with Gasteiger partial charge in [0.05, 0.1) is 10.7 Å². The number of carboxylic acids is 2. The molecule has 2 aromatic rings. The Hall–Kier alpha value is -4.57. The number of carbonyl (C=O) groups is 4. The van der Waals surface area contributed by atoms with Gasteiger partial charge >= 0.3 is 18.1 Å². The van der Waals surface area contributed by atoms with Gasteiger partial charge in [-0.3, -0.25) is 14.5 Å². The number of nitrogens with one attached hydrogen (secondary N) is 1.